The third-order valence-electron chi connectivity index (χ3n) is 4.42. The minimum absolute atomic E-state index is 0.130. The van der Waals surface area contributed by atoms with Gasteiger partial charge in [-0.3, -0.25) is 4.79 Å². The van der Waals surface area contributed by atoms with E-state index in [4.69, 9.17) is 4.74 Å². The lowest BCUT2D eigenvalue weighted by Gasteiger charge is -2.32. The minimum atomic E-state index is -0.622. The fraction of sp³-hybridized carbons (Fsp3) is 0.588. The Morgan fingerprint density at radius 1 is 1.32 bits per heavy atom. The van der Waals surface area contributed by atoms with Crippen LogP contribution in [0.1, 0.15) is 32.6 Å². The van der Waals surface area contributed by atoms with Crippen LogP contribution >= 0.6 is 0 Å². The van der Waals surface area contributed by atoms with Crippen molar-refractivity contribution in [1.82, 2.24) is 10.2 Å². The topological polar surface area (TPSA) is 41.6 Å². The first-order chi connectivity index (χ1) is 10.6. The van der Waals surface area contributed by atoms with Gasteiger partial charge in [0.2, 0.25) is 0 Å². The van der Waals surface area contributed by atoms with Crippen molar-refractivity contribution in [3.63, 3.8) is 0 Å². The number of likely N-dealkylation sites (tertiary alicyclic amines) is 1. The summed E-state index contributed by atoms with van der Waals surface area (Å²) in [6, 6.07) is 6.89. The SMILES string of the molecule is C[C@@H](Oc1cccc(F)c1)C(=O)NC1CCN(C2CC2)CC1. The van der Waals surface area contributed by atoms with Crippen molar-refractivity contribution in [2.45, 2.75) is 50.8 Å². The van der Waals surface area contributed by atoms with Crippen molar-refractivity contribution in [1.29, 1.82) is 0 Å². The first-order valence-electron chi connectivity index (χ1n) is 8.08. The summed E-state index contributed by atoms with van der Waals surface area (Å²) in [4.78, 5) is 14.7. The molecule has 5 heteroatoms. The first kappa shape index (κ1) is 15.3. The van der Waals surface area contributed by atoms with Crippen LogP contribution in [0.5, 0.6) is 5.75 Å². The molecule has 0 radical (unpaired) electrons. The Hall–Kier alpha value is -1.62. The maximum absolute atomic E-state index is 13.1. The third-order valence-corrected chi connectivity index (χ3v) is 4.42. The Labute approximate surface area is 130 Å². The Bertz CT molecular complexity index is 525. The van der Waals surface area contributed by atoms with E-state index in [2.05, 4.69) is 10.2 Å². The quantitative estimate of drug-likeness (QED) is 0.908. The molecule has 3 rings (SSSR count). The Morgan fingerprint density at radius 3 is 2.68 bits per heavy atom. The number of ether oxygens (including phenoxy) is 1. The largest absolute Gasteiger partial charge is 0.481 e. The van der Waals surface area contributed by atoms with Crippen LogP contribution in [0.25, 0.3) is 0 Å². The highest BCUT2D eigenvalue weighted by Gasteiger charge is 2.32. The third kappa shape index (κ3) is 3.97. The van der Waals surface area contributed by atoms with E-state index in [-0.39, 0.29) is 17.8 Å². The number of hydrogen-bond donors (Lipinski definition) is 1. The summed E-state index contributed by atoms with van der Waals surface area (Å²) in [7, 11) is 0. The number of hydrogen-bond acceptors (Lipinski definition) is 3. The fourth-order valence-electron chi connectivity index (χ4n) is 2.97. The van der Waals surface area contributed by atoms with Crippen molar-refractivity contribution in [2.75, 3.05) is 13.1 Å². The Kier molecular flexibility index (Phi) is 4.62. The number of halogens is 1. The smallest absolute Gasteiger partial charge is 0.260 e. The summed E-state index contributed by atoms with van der Waals surface area (Å²) in [5.74, 6) is -0.113. The Morgan fingerprint density at radius 2 is 2.05 bits per heavy atom. The van der Waals surface area contributed by atoms with Crippen LogP contribution in [-0.4, -0.2) is 42.1 Å². The molecule has 1 heterocycles. The molecule has 0 aromatic heterocycles. The maximum atomic E-state index is 13.1. The molecule has 0 spiro atoms. The molecule has 1 atom stereocenters. The molecule has 4 nitrogen and oxygen atoms in total. The number of benzene rings is 1. The van der Waals surface area contributed by atoms with Crippen molar-refractivity contribution in [2.24, 2.45) is 0 Å². The molecule has 1 N–H and O–H groups in total. The zero-order chi connectivity index (χ0) is 15.5. The lowest BCUT2D eigenvalue weighted by atomic mass is 10.0. The highest BCUT2D eigenvalue weighted by atomic mass is 19.1. The molecule has 2 fully saturated rings. The number of carbonyl (C=O) groups excluding carboxylic acids is 1. The molecule has 22 heavy (non-hydrogen) atoms. The van der Waals surface area contributed by atoms with Gasteiger partial charge in [0.05, 0.1) is 0 Å². The zero-order valence-electron chi connectivity index (χ0n) is 12.9. The standard InChI is InChI=1S/C17H23FN2O2/c1-12(22-16-4-2-3-13(18)11-16)17(21)19-14-7-9-20(10-8-14)15-5-6-15/h2-4,11-12,14-15H,5-10H2,1H3,(H,19,21)/t12-/m1/s1. The van der Waals surface area contributed by atoms with Gasteiger partial charge in [0, 0.05) is 31.2 Å². The van der Waals surface area contributed by atoms with Gasteiger partial charge in [0.25, 0.3) is 5.91 Å². The van der Waals surface area contributed by atoms with Crippen LogP contribution in [0.15, 0.2) is 24.3 Å². The fourth-order valence-corrected chi connectivity index (χ4v) is 2.97. The van der Waals surface area contributed by atoms with Gasteiger partial charge in [-0.1, -0.05) is 6.07 Å². The van der Waals surface area contributed by atoms with Crippen molar-refractivity contribution in [3.8, 4) is 5.75 Å². The highest BCUT2D eigenvalue weighted by molar-refractivity contribution is 5.81. The second kappa shape index (κ2) is 6.65. The number of rotatable bonds is 5. The summed E-state index contributed by atoms with van der Waals surface area (Å²) < 4.78 is 18.6. The molecular weight excluding hydrogens is 283 g/mol. The van der Waals surface area contributed by atoms with Crippen LogP contribution in [0, 0.1) is 5.82 Å². The number of nitrogens with one attached hydrogen (secondary N) is 1. The number of piperidine rings is 1. The van der Waals surface area contributed by atoms with Gasteiger partial charge in [-0.05, 0) is 44.7 Å². The van der Waals surface area contributed by atoms with E-state index in [1.54, 1.807) is 19.1 Å². The van der Waals surface area contributed by atoms with Crippen molar-refractivity contribution in [3.05, 3.63) is 30.1 Å². The molecule has 1 aromatic rings. The van der Waals surface area contributed by atoms with Crippen LogP contribution in [-0.2, 0) is 4.79 Å². The average molecular weight is 306 g/mol. The van der Waals surface area contributed by atoms with E-state index >= 15 is 0 Å². The lowest BCUT2D eigenvalue weighted by Crippen LogP contribution is -2.48. The molecule has 0 unspecified atom stereocenters. The van der Waals surface area contributed by atoms with Gasteiger partial charge in [-0.25, -0.2) is 4.39 Å². The molecule has 120 valence electrons. The lowest BCUT2D eigenvalue weighted by molar-refractivity contribution is -0.128. The van der Waals surface area contributed by atoms with Crippen molar-refractivity contribution < 1.29 is 13.9 Å². The Balaban J connectivity index is 1.45. The van der Waals surface area contributed by atoms with Gasteiger partial charge in [-0.2, -0.15) is 0 Å². The second-order valence-corrected chi connectivity index (χ2v) is 6.27. The van der Waals surface area contributed by atoms with E-state index in [1.807, 2.05) is 0 Å². The summed E-state index contributed by atoms with van der Waals surface area (Å²) in [5, 5.41) is 3.05. The summed E-state index contributed by atoms with van der Waals surface area (Å²) in [5.41, 5.74) is 0. The molecule has 1 aromatic carbocycles. The van der Waals surface area contributed by atoms with E-state index in [9.17, 15) is 9.18 Å². The van der Waals surface area contributed by atoms with Gasteiger partial charge in [-0.15, -0.1) is 0 Å². The molecule has 1 aliphatic heterocycles. The molecule has 0 bridgehead atoms. The van der Waals surface area contributed by atoms with E-state index in [0.29, 0.717) is 5.75 Å². The van der Waals surface area contributed by atoms with Gasteiger partial charge < -0.3 is 15.0 Å². The first-order valence-corrected chi connectivity index (χ1v) is 8.08. The predicted octanol–water partition coefficient (Wildman–Crippen LogP) is 2.34. The molecule has 1 aliphatic carbocycles. The maximum Gasteiger partial charge on any atom is 0.260 e. The number of carbonyl (C=O) groups is 1. The summed E-state index contributed by atoms with van der Waals surface area (Å²) in [6.45, 7) is 3.82. The normalized spacial score (nSPS) is 21.4. The summed E-state index contributed by atoms with van der Waals surface area (Å²) >= 11 is 0. The van der Waals surface area contributed by atoms with Crippen LogP contribution in [0.3, 0.4) is 0 Å². The van der Waals surface area contributed by atoms with E-state index < -0.39 is 6.10 Å². The molecule has 1 saturated heterocycles. The van der Waals surface area contributed by atoms with Crippen LogP contribution in [0.2, 0.25) is 0 Å². The highest BCUT2D eigenvalue weighted by Crippen LogP contribution is 2.29. The molecule has 1 saturated carbocycles. The predicted molar refractivity (Wildman–Crippen MR) is 82.2 cm³/mol. The van der Waals surface area contributed by atoms with Gasteiger partial charge >= 0.3 is 0 Å². The molecular formula is C17H23FN2O2. The summed E-state index contributed by atoms with van der Waals surface area (Å²) in [6.07, 6.45) is 4.03. The average Bonchev–Trinajstić information content (AvgIpc) is 3.32. The van der Waals surface area contributed by atoms with E-state index in [0.717, 1.165) is 32.0 Å². The number of nitrogens with zero attached hydrogens (tertiary/aromatic N) is 1. The van der Waals surface area contributed by atoms with Gasteiger partial charge in [0.1, 0.15) is 11.6 Å². The molecule has 2 aliphatic rings. The van der Waals surface area contributed by atoms with Crippen LogP contribution < -0.4 is 10.1 Å². The van der Waals surface area contributed by atoms with Crippen molar-refractivity contribution >= 4 is 5.91 Å². The number of amides is 1. The monoisotopic (exact) mass is 306 g/mol. The zero-order valence-corrected chi connectivity index (χ0v) is 12.9. The second-order valence-electron chi connectivity index (χ2n) is 6.27. The minimum Gasteiger partial charge on any atom is -0.481 e. The van der Waals surface area contributed by atoms with E-state index in [1.165, 1.54) is 25.0 Å². The molecule has 1 amide bonds. The van der Waals surface area contributed by atoms with Gasteiger partial charge in [0.15, 0.2) is 6.10 Å². The van der Waals surface area contributed by atoms with Crippen LogP contribution in [0.4, 0.5) is 4.39 Å².